The lowest BCUT2D eigenvalue weighted by Crippen LogP contribution is -2.63. The first-order valence-corrected chi connectivity index (χ1v) is 39.9. The molecule has 0 fully saturated rings. The Kier molecular flexibility index (Phi) is 16.7. The zero-order chi connectivity index (χ0) is 76.6. The van der Waals surface area contributed by atoms with Gasteiger partial charge in [0.25, 0.3) is 13.4 Å². The van der Waals surface area contributed by atoms with Gasteiger partial charge in [0.2, 0.25) is 0 Å². The predicted molar refractivity (Wildman–Crippen MR) is 486 cm³/mol. The van der Waals surface area contributed by atoms with Crippen LogP contribution < -0.4 is 61.9 Å². The van der Waals surface area contributed by atoms with Gasteiger partial charge in [0, 0.05) is 85.4 Å². The molecule has 0 spiro atoms. The monoisotopic (exact) mass is 1480 g/mol. The summed E-state index contributed by atoms with van der Waals surface area (Å²) < 4.78 is 17.1. The first-order chi connectivity index (χ1) is 57.6. The standard InChI is InChI=1S/C108H72B2N4O2/c1-11-38-73(39-12-1)85-58-35-59-86(74-40-13-2-14-41-74)101(85)102-107-93(109-91-64-31-33-66-95(91)113(105-87(75-42-15-3-16-43-75)60-36-61-88(105)76-44-17-4-18-45-76)97-68-83(70-99(115-107)103(97)109)111(79-50-23-7-24-51-79)80-52-25-8-26-53-80)72-94-108(102)116-100-71-84(112(81-54-27-9-28-55-81)82-56-29-10-30-57-82)69-98-104(100)110(94)92-65-32-34-67-96(92)114(98)106-89(77-46-19-5-20-47-77)62-37-63-90(106)78-48-21-6-22-49-78/h1-72H. The van der Waals surface area contributed by atoms with Crippen LogP contribution in [-0.4, -0.2) is 13.4 Å². The highest BCUT2D eigenvalue weighted by Gasteiger charge is 2.50. The maximum absolute atomic E-state index is 8.53. The molecule has 0 radical (unpaired) electrons. The van der Waals surface area contributed by atoms with Crippen LogP contribution in [0.1, 0.15) is 0 Å². The molecule has 0 aliphatic carbocycles. The Morgan fingerprint density at radius 3 is 0.759 bits per heavy atom. The Bertz CT molecular complexity index is 6170. The van der Waals surface area contributed by atoms with Crippen LogP contribution in [0.15, 0.2) is 437 Å². The molecular weight excluding hydrogens is 1410 g/mol. The van der Waals surface area contributed by atoms with Crippen LogP contribution in [0.2, 0.25) is 0 Å². The van der Waals surface area contributed by atoms with Crippen molar-refractivity contribution in [1.82, 2.24) is 0 Å². The van der Waals surface area contributed by atoms with Crippen molar-refractivity contribution in [3.8, 4) is 101 Å². The molecule has 542 valence electrons. The second-order valence-electron chi connectivity index (χ2n) is 30.0. The Balaban J connectivity index is 0.890. The number of para-hydroxylation sites is 8. The molecule has 0 atom stereocenters. The lowest BCUT2D eigenvalue weighted by molar-refractivity contribution is 0.469. The Hall–Kier alpha value is -15.1. The van der Waals surface area contributed by atoms with Gasteiger partial charge in [-0.2, -0.15) is 0 Å². The highest BCUT2D eigenvalue weighted by molar-refractivity contribution is 7.02. The number of fused-ring (bicyclic) bond motifs is 8. The molecule has 0 bridgehead atoms. The van der Waals surface area contributed by atoms with Crippen LogP contribution in [-0.2, 0) is 0 Å². The van der Waals surface area contributed by atoms with Crippen molar-refractivity contribution >= 4 is 114 Å². The molecule has 22 rings (SSSR count). The number of anilines is 12. The fourth-order valence-electron chi connectivity index (χ4n) is 18.6. The minimum atomic E-state index is -0.417. The lowest BCUT2D eigenvalue weighted by Gasteiger charge is -2.44. The third kappa shape index (κ3) is 11.4. The third-order valence-corrected chi connectivity index (χ3v) is 23.5. The molecule has 18 aromatic rings. The molecular formula is C108H72B2N4O2. The number of hydrogen-bond donors (Lipinski definition) is 0. The van der Waals surface area contributed by atoms with E-state index in [1.54, 1.807) is 0 Å². The lowest BCUT2D eigenvalue weighted by atomic mass is 9.30. The van der Waals surface area contributed by atoms with E-state index in [4.69, 9.17) is 9.47 Å². The Morgan fingerprint density at radius 1 is 0.198 bits per heavy atom. The summed E-state index contributed by atoms with van der Waals surface area (Å²) in [6, 6.07) is 159. The maximum atomic E-state index is 8.53. The largest absolute Gasteiger partial charge is 0.457 e. The highest BCUT2D eigenvalue weighted by atomic mass is 16.5. The van der Waals surface area contributed by atoms with Crippen molar-refractivity contribution in [1.29, 1.82) is 0 Å². The Morgan fingerprint density at radius 2 is 0.457 bits per heavy atom. The molecule has 0 N–H and O–H groups in total. The summed E-state index contributed by atoms with van der Waals surface area (Å²) in [5, 5.41) is 0. The number of rotatable bonds is 15. The van der Waals surface area contributed by atoms with Crippen LogP contribution >= 0.6 is 0 Å². The minimum absolute atomic E-state index is 0.417. The average molecular weight is 1480 g/mol. The van der Waals surface area contributed by atoms with Gasteiger partial charge in [0.1, 0.15) is 23.0 Å². The molecule has 0 saturated heterocycles. The van der Waals surface area contributed by atoms with E-state index in [9.17, 15) is 0 Å². The van der Waals surface area contributed by atoms with E-state index in [0.717, 1.165) is 202 Å². The second kappa shape index (κ2) is 28.6. The van der Waals surface area contributed by atoms with E-state index in [1.807, 2.05) is 0 Å². The van der Waals surface area contributed by atoms with Gasteiger partial charge < -0.3 is 29.1 Å². The maximum Gasteiger partial charge on any atom is 0.256 e. The SMILES string of the molecule is c1ccc(-c2cccc(-c3ccccc3)c2-c2c3c(cc4c2Oc2cc(N(c5ccccc5)c5ccccc5)cc5c2B4c2ccccc2N5c2c(-c4ccccc4)cccc2-c2ccccc2)B2c4ccccc4N(c4c(-c5ccccc5)cccc4-c4ccccc4)c4cc(N(c5ccccc5)c5ccccc5)cc(c42)O3)cc1. The summed E-state index contributed by atoms with van der Waals surface area (Å²) in [4.78, 5) is 9.90. The number of benzene rings is 18. The van der Waals surface area contributed by atoms with Crippen LogP contribution in [0.5, 0.6) is 23.0 Å². The van der Waals surface area contributed by atoms with E-state index in [1.165, 1.54) is 0 Å². The number of nitrogens with zero attached hydrogens (tertiary/aromatic N) is 4. The summed E-state index contributed by atoms with van der Waals surface area (Å²) in [5.41, 5.74) is 33.4. The predicted octanol–water partition coefficient (Wildman–Crippen LogP) is 25.1. The van der Waals surface area contributed by atoms with Crippen LogP contribution in [0.25, 0.3) is 77.9 Å². The number of ether oxygens (including phenoxy) is 2. The quantitative estimate of drug-likeness (QED) is 0.0951. The van der Waals surface area contributed by atoms with Gasteiger partial charge in [-0.05, 0) is 150 Å². The molecule has 8 heteroatoms. The molecule has 18 aromatic carbocycles. The summed E-state index contributed by atoms with van der Waals surface area (Å²) in [5.74, 6) is 2.91. The Labute approximate surface area is 676 Å². The summed E-state index contributed by atoms with van der Waals surface area (Å²) >= 11 is 0. The van der Waals surface area contributed by atoms with E-state index >= 15 is 0 Å². The fourth-order valence-corrected chi connectivity index (χ4v) is 18.6. The molecule has 0 saturated carbocycles. The van der Waals surface area contributed by atoms with Crippen molar-refractivity contribution < 1.29 is 9.47 Å². The molecule has 0 amide bonds. The zero-order valence-corrected chi connectivity index (χ0v) is 63.3. The van der Waals surface area contributed by atoms with Gasteiger partial charge in [-0.3, -0.25) is 0 Å². The zero-order valence-electron chi connectivity index (χ0n) is 63.3. The van der Waals surface area contributed by atoms with Gasteiger partial charge >= 0.3 is 0 Å². The molecule has 0 unspecified atom stereocenters. The van der Waals surface area contributed by atoms with Gasteiger partial charge in [0.05, 0.1) is 28.3 Å². The van der Waals surface area contributed by atoms with Gasteiger partial charge in [-0.15, -0.1) is 0 Å². The van der Waals surface area contributed by atoms with Crippen molar-refractivity contribution in [3.63, 3.8) is 0 Å². The first-order valence-electron chi connectivity index (χ1n) is 39.9. The third-order valence-electron chi connectivity index (χ3n) is 23.5. The van der Waals surface area contributed by atoms with Crippen LogP contribution in [0.3, 0.4) is 0 Å². The number of hydrogen-bond acceptors (Lipinski definition) is 6. The summed E-state index contributed by atoms with van der Waals surface area (Å²) in [6.45, 7) is -0.834. The van der Waals surface area contributed by atoms with Crippen molar-refractivity contribution in [3.05, 3.63) is 437 Å². The fraction of sp³-hybridized carbons (Fsp3) is 0. The molecule has 6 nitrogen and oxygen atoms in total. The smallest absolute Gasteiger partial charge is 0.256 e. The molecule has 4 aliphatic heterocycles. The van der Waals surface area contributed by atoms with Crippen molar-refractivity contribution in [2.75, 3.05) is 19.6 Å². The van der Waals surface area contributed by atoms with Crippen molar-refractivity contribution in [2.24, 2.45) is 0 Å². The first kappa shape index (κ1) is 67.8. The average Bonchev–Trinajstić information content (AvgIpc) is 0.683. The van der Waals surface area contributed by atoms with E-state index < -0.39 is 13.4 Å². The normalized spacial score (nSPS) is 12.4. The van der Waals surface area contributed by atoms with E-state index in [-0.39, 0.29) is 0 Å². The highest BCUT2D eigenvalue weighted by Crippen LogP contribution is 2.58. The van der Waals surface area contributed by atoms with Gasteiger partial charge in [0.15, 0.2) is 0 Å². The second-order valence-corrected chi connectivity index (χ2v) is 30.0. The van der Waals surface area contributed by atoms with Crippen LogP contribution in [0.4, 0.5) is 68.2 Å². The van der Waals surface area contributed by atoms with E-state index in [2.05, 4.69) is 456 Å². The van der Waals surface area contributed by atoms with Gasteiger partial charge in [-0.25, -0.2) is 0 Å². The van der Waals surface area contributed by atoms with Crippen molar-refractivity contribution in [2.45, 2.75) is 0 Å². The minimum Gasteiger partial charge on any atom is -0.457 e. The van der Waals surface area contributed by atoms with Gasteiger partial charge in [-0.1, -0.05) is 352 Å². The van der Waals surface area contributed by atoms with E-state index in [0.29, 0.717) is 0 Å². The molecule has 4 heterocycles. The topological polar surface area (TPSA) is 31.4 Å². The molecule has 0 aromatic heterocycles. The molecule has 4 aliphatic rings. The molecule has 116 heavy (non-hydrogen) atoms. The summed E-state index contributed by atoms with van der Waals surface area (Å²) in [6.07, 6.45) is 0. The summed E-state index contributed by atoms with van der Waals surface area (Å²) in [7, 11) is 0. The van der Waals surface area contributed by atoms with Crippen LogP contribution in [0, 0.1) is 0 Å².